The van der Waals surface area contributed by atoms with Crippen LogP contribution in [-0.2, 0) is 11.3 Å². The third-order valence-electron chi connectivity index (χ3n) is 5.94. The fourth-order valence-electron chi connectivity index (χ4n) is 4.55. The van der Waals surface area contributed by atoms with Crippen molar-refractivity contribution in [2.75, 3.05) is 0 Å². The molecule has 3 aliphatic rings. The molecule has 4 atom stereocenters. The molecule has 2 aromatic rings. The Morgan fingerprint density at radius 3 is 2.78 bits per heavy atom. The Hall–Kier alpha value is -2.85. The van der Waals surface area contributed by atoms with Crippen molar-refractivity contribution in [1.82, 2.24) is 10.3 Å². The number of nitrogens with one attached hydrogen (secondary N) is 2. The summed E-state index contributed by atoms with van der Waals surface area (Å²) in [6.45, 7) is 2.70. The minimum Gasteiger partial charge on any atom is -0.489 e. The average molecular weight is 358 g/mol. The lowest BCUT2D eigenvalue weighted by Gasteiger charge is -2.25. The molecular formula is C23H22N2O2. The van der Waals surface area contributed by atoms with Crippen molar-refractivity contribution in [1.29, 1.82) is 0 Å². The minimum atomic E-state index is -0.00960. The highest BCUT2D eigenvalue weighted by molar-refractivity contribution is 5.59. The fraction of sp³-hybridized carbons (Fsp3) is 0.261. The van der Waals surface area contributed by atoms with E-state index in [1.54, 1.807) is 6.20 Å². The molecule has 2 heterocycles. The smallest absolute Gasteiger partial charge is 0.255 e. The SMILES string of the molecule is CC1=c2cc[nH]c(=O)c2=CC2C1NC1C=CC(OCc3ccccc3)=CC12. The zero-order valence-corrected chi connectivity index (χ0v) is 15.2. The second-order valence-corrected chi connectivity index (χ2v) is 7.51. The lowest BCUT2D eigenvalue weighted by Crippen LogP contribution is -2.48. The van der Waals surface area contributed by atoms with E-state index in [4.69, 9.17) is 4.74 Å². The van der Waals surface area contributed by atoms with Crippen LogP contribution in [0.15, 0.2) is 71.4 Å². The maximum Gasteiger partial charge on any atom is 0.255 e. The first kappa shape index (κ1) is 16.3. The van der Waals surface area contributed by atoms with E-state index in [0.29, 0.717) is 6.61 Å². The zero-order valence-electron chi connectivity index (χ0n) is 15.2. The fourth-order valence-corrected chi connectivity index (χ4v) is 4.55. The van der Waals surface area contributed by atoms with Crippen molar-refractivity contribution in [3.05, 3.63) is 92.9 Å². The van der Waals surface area contributed by atoms with Gasteiger partial charge in [0.1, 0.15) is 12.4 Å². The summed E-state index contributed by atoms with van der Waals surface area (Å²) in [4.78, 5) is 15.1. The zero-order chi connectivity index (χ0) is 18.4. The number of hydrogen-bond donors (Lipinski definition) is 2. The van der Waals surface area contributed by atoms with Gasteiger partial charge in [-0.1, -0.05) is 42.5 Å². The Labute approximate surface area is 157 Å². The van der Waals surface area contributed by atoms with E-state index in [0.717, 1.165) is 21.8 Å². The molecule has 1 fully saturated rings. The van der Waals surface area contributed by atoms with Crippen molar-refractivity contribution in [2.45, 2.75) is 25.6 Å². The van der Waals surface area contributed by atoms with Gasteiger partial charge in [-0.2, -0.15) is 0 Å². The van der Waals surface area contributed by atoms with E-state index < -0.39 is 0 Å². The Balaban J connectivity index is 1.45. The molecule has 4 unspecified atom stereocenters. The van der Waals surface area contributed by atoms with Crippen LogP contribution in [0, 0.1) is 11.8 Å². The van der Waals surface area contributed by atoms with Crippen molar-refractivity contribution >= 4 is 11.6 Å². The molecule has 4 nitrogen and oxygen atoms in total. The van der Waals surface area contributed by atoms with Gasteiger partial charge in [0, 0.05) is 35.3 Å². The van der Waals surface area contributed by atoms with E-state index in [-0.39, 0.29) is 29.5 Å². The first-order valence-corrected chi connectivity index (χ1v) is 9.44. The summed E-state index contributed by atoms with van der Waals surface area (Å²) in [7, 11) is 0. The van der Waals surface area contributed by atoms with Gasteiger partial charge in [0.05, 0.1) is 0 Å². The topological polar surface area (TPSA) is 54.1 Å². The van der Waals surface area contributed by atoms with Gasteiger partial charge in [0.25, 0.3) is 5.56 Å². The molecule has 5 rings (SSSR count). The number of fused-ring (bicyclic) bond motifs is 4. The molecule has 0 radical (unpaired) electrons. The number of aromatic nitrogens is 1. The van der Waals surface area contributed by atoms with Crippen molar-refractivity contribution in [2.24, 2.45) is 11.8 Å². The van der Waals surface area contributed by atoms with Crippen molar-refractivity contribution in [3.63, 3.8) is 0 Å². The maximum absolute atomic E-state index is 12.3. The molecule has 0 spiro atoms. The summed E-state index contributed by atoms with van der Waals surface area (Å²) < 4.78 is 6.03. The van der Waals surface area contributed by atoms with Gasteiger partial charge in [-0.3, -0.25) is 4.79 Å². The average Bonchev–Trinajstić information content (AvgIpc) is 3.07. The quantitative estimate of drug-likeness (QED) is 0.876. The van der Waals surface area contributed by atoms with E-state index in [9.17, 15) is 4.79 Å². The third kappa shape index (κ3) is 2.77. The predicted octanol–water partition coefficient (Wildman–Crippen LogP) is 1.58. The summed E-state index contributed by atoms with van der Waals surface area (Å²) >= 11 is 0. The normalized spacial score (nSPS) is 27.9. The van der Waals surface area contributed by atoms with Crippen LogP contribution in [0.2, 0.25) is 0 Å². The predicted molar refractivity (Wildman–Crippen MR) is 106 cm³/mol. The van der Waals surface area contributed by atoms with Gasteiger partial charge in [0.15, 0.2) is 0 Å². The van der Waals surface area contributed by atoms with Crippen LogP contribution >= 0.6 is 0 Å². The molecule has 0 bridgehead atoms. The van der Waals surface area contributed by atoms with Gasteiger partial charge < -0.3 is 15.0 Å². The second kappa shape index (κ2) is 6.39. The molecular weight excluding hydrogens is 336 g/mol. The van der Waals surface area contributed by atoms with Crippen LogP contribution in [-0.4, -0.2) is 17.1 Å². The van der Waals surface area contributed by atoms with E-state index >= 15 is 0 Å². The highest BCUT2D eigenvalue weighted by Gasteiger charge is 2.42. The summed E-state index contributed by atoms with van der Waals surface area (Å²) in [5.74, 6) is 1.45. The van der Waals surface area contributed by atoms with E-state index in [1.165, 1.54) is 5.57 Å². The van der Waals surface area contributed by atoms with Gasteiger partial charge in [-0.05, 0) is 41.5 Å². The summed E-state index contributed by atoms with van der Waals surface area (Å²) in [5.41, 5.74) is 2.39. The van der Waals surface area contributed by atoms with Crippen LogP contribution in [0.4, 0.5) is 0 Å². The van der Waals surface area contributed by atoms with Crippen LogP contribution in [0.3, 0.4) is 0 Å². The molecule has 1 aromatic carbocycles. The number of aromatic amines is 1. The Kier molecular flexibility index (Phi) is 3.87. The Morgan fingerprint density at radius 1 is 1.07 bits per heavy atom. The number of rotatable bonds is 3. The number of ether oxygens (including phenoxy) is 1. The van der Waals surface area contributed by atoms with E-state index in [2.05, 4.69) is 53.7 Å². The molecule has 2 aliphatic carbocycles. The maximum atomic E-state index is 12.3. The number of pyridine rings is 1. The third-order valence-corrected chi connectivity index (χ3v) is 5.94. The standard InChI is InChI=1S/C23H22N2O2/c1-14-17-9-10-24-23(26)20(17)12-19-18-11-16(7-8-21(18)25-22(14)19)27-13-15-5-3-2-4-6-15/h2-12,18-19,21-22,25H,13H2,1H3,(H,24,26). The summed E-state index contributed by atoms with van der Waals surface area (Å²) in [6.07, 6.45) is 10.4. The highest BCUT2D eigenvalue weighted by Crippen LogP contribution is 2.38. The molecule has 0 amide bonds. The molecule has 1 aliphatic heterocycles. The largest absolute Gasteiger partial charge is 0.489 e. The van der Waals surface area contributed by atoms with E-state index in [1.807, 2.05) is 24.3 Å². The molecule has 4 heteroatoms. The van der Waals surface area contributed by atoms with Gasteiger partial charge in [-0.25, -0.2) is 0 Å². The minimum absolute atomic E-state index is 0.00960. The summed E-state index contributed by atoms with van der Waals surface area (Å²) in [6, 6.07) is 12.7. The Bertz CT molecular complexity index is 1110. The number of hydrogen-bond acceptors (Lipinski definition) is 3. The first-order valence-electron chi connectivity index (χ1n) is 9.44. The van der Waals surface area contributed by atoms with Crippen molar-refractivity contribution in [3.8, 4) is 0 Å². The summed E-state index contributed by atoms with van der Waals surface area (Å²) in [5, 5.41) is 5.59. The van der Waals surface area contributed by atoms with Gasteiger partial charge in [0.2, 0.25) is 0 Å². The monoisotopic (exact) mass is 358 g/mol. The molecule has 1 aromatic heterocycles. The number of benzene rings is 1. The molecule has 27 heavy (non-hydrogen) atoms. The second-order valence-electron chi connectivity index (χ2n) is 7.51. The highest BCUT2D eigenvalue weighted by atomic mass is 16.5. The molecule has 1 saturated heterocycles. The first-order chi connectivity index (χ1) is 13.2. The van der Waals surface area contributed by atoms with Crippen LogP contribution < -0.4 is 21.3 Å². The lowest BCUT2D eigenvalue weighted by atomic mass is 9.79. The van der Waals surface area contributed by atoms with Gasteiger partial charge >= 0.3 is 0 Å². The lowest BCUT2D eigenvalue weighted by molar-refractivity contribution is 0.205. The van der Waals surface area contributed by atoms with Crippen molar-refractivity contribution < 1.29 is 4.74 Å². The molecule has 2 N–H and O–H groups in total. The Morgan fingerprint density at radius 2 is 1.93 bits per heavy atom. The van der Waals surface area contributed by atoms with Gasteiger partial charge in [-0.15, -0.1) is 0 Å². The molecule has 0 saturated carbocycles. The van der Waals surface area contributed by atoms with Crippen LogP contribution in [0.1, 0.15) is 12.5 Å². The van der Waals surface area contributed by atoms with Crippen LogP contribution in [0.5, 0.6) is 0 Å². The number of allylic oxidation sites excluding steroid dienone is 1. The molecule has 136 valence electrons. The number of H-pyrrole nitrogens is 1. The van der Waals surface area contributed by atoms with Crippen LogP contribution in [0.25, 0.3) is 11.6 Å².